The first-order chi connectivity index (χ1) is 60.3. The maximum Gasteiger partial charge on any atom is 0.419 e. The van der Waals surface area contributed by atoms with Crippen LogP contribution in [0.1, 0.15) is 124 Å². The van der Waals surface area contributed by atoms with Gasteiger partial charge in [0.1, 0.15) is 47.2 Å². The normalized spacial score (nSPS) is 10.5. The van der Waals surface area contributed by atoms with Crippen LogP contribution in [0.4, 0.5) is 31.1 Å². The fourth-order valence-corrected chi connectivity index (χ4v) is 13.2. The summed E-state index contributed by atoms with van der Waals surface area (Å²) in [5.74, 6) is -1.89. The van der Waals surface area contributed by atoms with Crippen molar-refractivity contribution in [3.63, 3.8) is 0 Å². The molecule has 636 valence electrons. The Kier molecular flexibility index (Phi) is 34.5. The number of hydrogen-bond acceptors (Lipinski definition) is 23. The predicted molar refractivity (Wildman–Crippen MR) is 474 cm³/mol. The first-order valence-electron chi connectivity index (χ1n) is 37.1. The second-order valence-electron chi connectivity index (χ2n) is 26.9. The number of hydrogen-bond donors (Lipinski definition) is 0. The number of fused-ring (bicyclic) bond motifs is 1. The summed E-state index contributed by atoms with van der Waals surface area (Å²) < 4.78 is 98.8. The van der Waals surface area contributed by atoms with Gasteiger partial charge < -0.3 is 18.0 Å². The molecule has 17 aromatic rings. The Labute approximate surface area is 730 Å². The number of para-hydroxylation sites is 1. The van der Waals surface area contributed by atoms with Crippen molar-refractivity contribution < 1.29 is 82.7 Å². The van der Waals surface area contributed by atoms with E-state index < -0.39 is 29.4 Å². The Morgan fingerprint density at radius 1 is 0.484 bits per heavy atom. The molecular weight excluding hydrogens is 1680 g/mol. The van der Waals surface area contributed by atoms with E-state index in [2.05, 4.69) is 46.5 Å². The zero-order valence-corrected chi connectivity index (χ0v) is 69.0. The summed E-state index contributed by atoms with van der Waals surface area (Å²) in [5, 5.41) is 8.99. The lowest BCUT2D eigenvalue weighted by Gasteiger charge is -2.20. The quantitative estimate of drug-likeness (QED) is 0.0604. The minimum absolute atomic E-state index is 0. The van der Waals surface area contributed by atoms with E-state index in [4.69, 9.17) is 18.0 Å². The molecule has 0 amide bonds. The van der Waals surface area contributed by atoms with E-state index in [-0.39, 0.29) is 18.1 Å². The average Bonchev–Trinajstić information content (AvgIpc) is 1.72. The molecule has 0 N–H and O–H groups in total. The van der Waals surface area contributed by atoms with E-state index in [0.29, 0.717) is 113 Å². The summed E-state index contributed by atoms with van der Waals surface area (Å²) >= 11 is 4.21. The van der Waals surface area contributed by atoms with Crippen LogP contribution in [-0.4, -0.2) is 100 Å². The highest BCUT2D eigenvalue weighted by molar-refractivity contribution is 7.15. The number of carbonyl (C=O) groups is 8. The van der Waals surface area contributed by atoms with Gasteiger partial charge in [0.25, 0.3) is 5.92 Å². The van der Waals surface area contributed by atoms with Gasteiger partial charge in [-0.3, -0.25) is 73.0 Å². The van der Waals surface area contributed by atoms with Crippen molar-refractivity contribution in [2.75, 3.05) is 0 Å². The highest BCUT2D eigenvalue weighted by Crippen LogP contribution is 2.38. The van der Waals surface area contributed by atoms with Crippen molar-refractivity contribution in [3.8, 4) is 89.6 Å². The minimum Gasteiger partial charge on any atom is -0.472 e. The third-order valence-electron chi connectivity index (χ3n) is 16.9. The first-order valence-corrected chi connectivity index (χ1v) is 39.8. The summed E-state index contributed by atoms with van der Waals surface area (Å²) in [6, 6.07) is 53.0. The summed E-state index contributed by atoms with van der Waals surface area (Å²) in [7, 11) is 0. The molecule has 0 radical (unpaired) electrons. The maximum absolute atomic E-state index is 13.1. The molecule has 30 heteroatoms. The van der Waals surface area contributed by atoms with E-state index in [1.807, 2.05) is 76.1 Å². The van der Waals surface area contributed by atoms with Gasteiger partial charge in [-0.25, -0.2) is 22.9 Å². The summed E-state index contributed by atoms with van der Waals surface area (Å²) in [5.41, 5.74) is 12.9. The molecule has 126 heavy (non-hydrogen) atoms. The molecule has 15 heterocycles. The van der Waals surface area contributed by atoms with E-state index in [1.165, 1.54) is 59.7 Å². The van der Waals surface area contributed by atoms with Crippen molar-refractivity contribution in [1.82, 2.24) is 44.4 Å². The van der Waals surface area contributed by atoms with Crippen molar-refractivity contribution in [2.24, 2.45) is 0 Å². The summed E-state index contributed by atoms with van der Waals surface area (Å²) in [6.45, 7) is 9.79. The van der Waals surface area contributed by atoms with Gasteiger partial charge in [0, 0.05) is 146 Å². The van der Waals surface area contributed by atoms with E-state index in [0.717, 1.165) is 106 Å². The van der Waals surface area contributed by atoms with E-state index in [9.17, 15) is 64.7 Å². The smallest absolute Gasteiger partial charge is 0.419 e. The molecule has 0 fully saturated rings. The van der Waals surface area contributed by atoms with Gasteiger partial charge >= 0.3 is 12.3 Å². The first kappa shape index (κ1) is 94.5. The number of rotatable bonds is 17. The van der Waals surface area contributed by atoms with Gasteiger partial charge in [0.2, 0.25) is 0 Å². The number of pyridine rings is 8. The van der Waals surface area contributed by atoms with Gasteiger partial charge in [-0.05, 0) is 212 Å². The van der Waals surface area contributed by atoms with E-state index in [1.54, 1.807) is 203 Å². The van der Waals surface area contributed by atoms with Crippen LogP contribution < -0.4 is 0 Å². The standard InChI is InChI=1S/C15H16N2O3.C14H9NO2.C13H8F3NO.C12H9F2NOS.C11H8FNS.2C10H7NO2.C10H7NOS.CH4/c1-15(2,3)20-14(19)17-8-4-5-13(17)12-9-11(10-18)6-7-16-12;16-9-11-5-3-7-15-14(11)13-8-10-4-1-2-6-12(10)17-13;14-13(15,16)11-5-3-9(4-6-11)12-10(8-18)2-1-7-17-12;1-12(13,14)11-3-2-10(17-11)9-6-8(7-16)4-5-15-9;1-2-10-9(12)3-4-11(13-10)8-5-6-14-7-8;12-6-8-3-10(5-11-4-8)9-1-2-13-7-9;12-7-8-3-4-11-9(6-8)10-2-1-5-13-10;12-6-8-3-10(5-11-4-8)9-1-2-13-7-9;/h4-10H,1-3H3;1-9H;1-8H;2-7H,1H3;2-7H,1H2;3*1-7H;1H4. The van der Waals surface area contributed by atoms with Crippen molar-refractivity contribution in [1.29, 1.82) is 0 Å². The zero-order valence-electron chi connectivity index (χ0n) is 66.5. The lowest BCUT2D eigenvalue weighted by atomic mass is 10.0. The molecule has 0 aliphatic carbocycles. The second-order valence-corrected chi connectivity index (χ2v) is 29.6. The SMILES string of the molecule is C.C=Cc1nc(-c2ccsc2)ccc1F.CC(C)(C)OC(=O)n1cccc1-c1cc(C=O)ccn1.CC(F)(F)c1ccc(-c2cc(C=O)ccn2)s1.O=Cc1cccnc1-c1cc2ccccc2o1.O=Cc1cccnc1-c1ccc(C(F)(F)F)cc1.O=Cc1ccnc(-c2ccco2)c1.O=Cc1cncc(-c2ccoc2)c1.O=Cc1cncc(-c2ccsc2)c1. The molecule has 17 rings (SSSR count). The predicted octanol–water partition coefficient (Wildman–Crippen LogP) is 24.9. The molecular formula is C96H75F6N9O12S3. The fourth-order valence-electron chi connectivity index (χ4n) is 10.9. The molecule has 0 spiro atoms. The molecule has 0 saturated carbocycles. The third kappa shape index (κ3) is 27.3. The Balaban J connectivity index is 0.000000163. The van der Waals surface area contributed by atoms with Crippen LogP contribution >= 0.6 is 34.0 Å². The summed E-state index contributed by atoms with van der Waals surface area (Å²) in [4.78, 5) is 120. The number of aldehydes is 7. The van der Waals surface area contributed by atoms with Crippen molar-refractivity contribution in [2.45, 2.75) is 52.8 Å². The molecule has 21 nitrogen and oxygen atoms in total. The molecule has 15 aromatic heterocycles. The van der Waals surface area contributed by atoms with Gasteiger partial charge in [0.15, 0.2) is 36.7 Å². The van der Waals surface area contributed by atoms with Crippen LogP contribution in [0, 0.1) is 5.82 Å². The number of halogens is 6. The monoisotopic (exact) mass is 1760 g/mol. The summed E-state index contributed by atoms with van der Waals surface area (Å²) in [6.07, 6.45) is 22.5. The topological polar surface area (TPSA) is 293 Å². The number of furan rings is 3. The number of benzene rings is 2. The number of aromatic nitrogens is 9. The molecule has 0 bridgehead atoms. The van der Waals surface area contributed by atoms with Gasteiger partial charge in [-0.2, -0.15) is 35.8 Å². The maximum atomic E-state index is 13.1. The zero-order chi connectivity index (χ0) is 89.3. The van der Waals surface area contributed by atoms with Crippen molar-refractivity contribution >= 4 is 101 Å². The average molecular weight is 1760 g/mol. The lowest BCUT2D eigenvalue weighted by molar-refractivity contribution is -0.137. The molecule has 0 saturated heterocycles. The molecule has 0 aliphatic rings. The van der Waals surface area contributed by atoms with Gasteiger partial charge in [-0.1, -0.05) is 44.3 Å². The molecule has 2 aromatic carbocycles. The number of carbonyl (C=O) groups excluding carboxylic acids is 8. The lowest BCUT2D eigenvalue weighted by Crippen LogP contribution is -2.27. The van der Waals surface area contributed by atoms with Gasteiger partial charge in [0.05, 0.1) is 68.3 Å². The Hall–Kier alpha value is -15.4. The largest absolute Gasteiger partial charge is 0.472 e. The van der Waals surface area contributed by atoms with Crippen LogP contribution in [-0.2, 0) is 16.8 Å². The number of thiophene rings is 3. The van der Waals surface area contributed by atoms with Crippen LogP contribution in [0.15, 0.2) is 316 Å². The van der Waals surface area contributed by atoms with Gasteiger partial charge in [-0.15, -0.1) is 11.3 Å². The van der Waals surface area contributed by atoms with Crippen LogP contribution in [0.3, 0.4) is 0 Å². The Morgan fingerprint density at radius 2 is 1.06 bits per heavy atom. The second kappa shape index (κ2) is 46.0. The Bertz CT molecular complexity index is 6200. The third-order valence-corrected chi connectivity index (χ3v) is 19.5. The molecule has 0 atom stereocenters. The van der Waals surface area contributed by atoms with Crippen LogP contribution in [0.2, 0.25) is 0 Å². The van der Waals surface area contributed by atoms with Crippen LogP contribution in [0.5, 0.6) is 0 Å². The molecule has 0 aliphatic heterocycles. The van der Waals surface area contributed by atoms with Crippen molar-refractivity contribution in [3.05, 3.63) is 364 Å². The minimum atomic E-state index is -4.36. The Morgan fingerprint density at radius 3 is 1.60 bits per heavy atom. The van der Waals surface area contributed by atoms with Crippen LogP contribution in [0.25, 0.3) is 107 Å². The molecule has 0 unspecified atom stereocenters. The number of alkyl halides is 5. The number of ether oxygens (including phenoxy) is 1. The number of nitrogens with zero attached hydrogens (tertiary/aromatic N) is 9. The highest BCUT2D eigenvalue weighted by atomic mass is 32.1. The fraction of sp³-hybridized carbons (Fsp3) is 0.0833. The van der Waals surface area contributed by atoms with E-state index >= 15 is 0 Å². The highest BCUT2D eigenvalue weighted by Gasteiger charge is 2.31.